The molecular weight excluding hydrogens is 286 g/mol. The molecule has 116 valence electrons. The molecule has 0 spiro atoms. The van der Waals surface area contributed by atoms with Gasteiger partial charge in [-0.05, 0) is 70.7 Å². The first-order chi connectivity index (χ1) is 9.90. The lowest BCUT2D eigenvalue weighted by atomic mass is 9.97. The molecule has 1 fully saturated rings. The largest absolute Gasteiger partial charge is 0.481 e. The molecule has 1 heterocycles. The molecule has 0 aromatic heterocycles. The van der Waals surface area contributed by atoms with Crippen LogP contribution in [0.4, 0.5) is 0 Å². The fourth-order valence-electron chi connectivity index (χ4n) is 3.05. The second-order valence-corrected chi connectivity index (χ2v) is 6.48. The first-order valence-corrected chi connectivity index (χ1v) is 8.03. The van der Waals surface area contributed by atoms with Gasteiger partial charge in [0.05, 0.1) is 0 Å². The standard InChI is InChI=1S/C17H24ClNO2/c1-11-10-15(18)8-9-16(11)21-14(4)17(20)19-12(2)6-5-7-13(19)3/h8-10,12-14H,5-7H2,1-4H3. The van der Waals surface area contributed by atoms with Crippen molar-refractivity contribution in [2.45, 2.75) is 65.1 Å². The number of aryl methyl sites for hydroxylation is 1. The van der Waals surface area contributed by atoms with E-state index in [9.17, 15) is 4.79 Å². The van der Waals surface area contributed by atoms with Crippen LogP contribution in [0.3, 0.4) is 0 Å². The molecule has 0 N–H and O–H groups in total. The monoisotopic (exact) mass is 309 g/mol. The van der Waals surface area contributed by atoms with E-state index in [2.05, 4.69) is 13.8 Å². The Balaban J connectivity index is 2.08. The van der Waals surface area contributed by atoms with E-state index in [0.717, 1.165) is 24.2 Å². The number of rotatable bonds is 3. The summed E-state index contributed by atoms with van der Waals surface area (Å²) < 4.78 is 5.86. The smallest absolute Gasteiger partial charge is 0.263 e. The average Bonchev–Trinajstić information content (AvgIpc) is 2.41. The summed E-state index contributed by atoms with van der Waals surface area (Å²) in [6.07, 6.45) is 2.86. The van der Waals surface area contributed by atoms with E-state index < -0.39 is 6.10 Å². The van der Waals surface area contributed by atoms with E-state index in [1.807, 2.05) is 30.9 Å². The number of hydrogen-bond donors (Lipinski definition) is 0. The van der Waals surface area contributed by atoms with Gasteiger partial charge in [-0.2, -0.15) is 0 Å². The Morgan fingerprint density at radius 2 is 1.95 bits per heavy atom. The molecular formula is C17H24ClNO2. The van der Waals surface area contributed by atoms with Crippen molar-refractivity contribution >= 4 is 17.5 Å². The van der Waals surface area contributed by atoms with Crippen molar-refractivity contribution in [1.82, 2.24) is 4.90 Å². The summed E-state index contributed by atoms with van der Waals surface area (Å²) in [4.78, 5) is 14.7. The van der Waals surface area contributed by atoms with Gasteiger partial charge in [-0.1, -0.05) is 11.6 Å². The van der Waals surface area contributed by atoms with Gasteiger partial charge in [0.15, 0.2) is 6.10 Å². The van der Waals surface area contributed by atoms with Gasteiger partial charge in [0.25, 0.3) is 5.91 Å². The molecule has 0 radical (unpaired) electrons. The highest BCUT2D eigenvalue weighted by molar-refractivity contribution is 6.30. The molecule has 0 aliphatic carbocycles. The molecule has 2 rings (SSSR count). The van der Waals surface area contributed by atoms with Gasteiger partial charge in [-0.15, -0.1) is 0 Å². The third-order valence-electron chi connectivity index (χ3n) is 4.24. The maximum atomic E-state index is 12.7. The van der Waals surface area contributed by atoms with Gasteiger partial charge in [0, 0.05) is 17.1 Å². The number of amides is 1. The number of piperidine rings is 1. The molecule has 21 heavy (non-hydrogen) atoms. The summed E-state index contributed by atoms with van der Waals surface area (Å²) in [5.41, 5.74) is 0.946. The van der Waals surface area contributed by atoms with E-state index in [1.54, 1.807) is 6.07 Å². The SMILES string of the molecule is Cc1cc(Cl)ccc1OC(C)C(=O)N1C(C)CCCC1C. The van der Waals surface area contributed by atoms with Gasteiger partial charge >= 0.3 is 0 Å². The lowest BCUT2D eigenvalue weighted by Crippen LogP contribution is -2.51. The third kappa shape index (κ3) is 3.70. The fraction of sp³-hybridized carbons (Fsp3) is 0.588. The van der Waals surface area contributed by atoms with Gasteiger partial charge in [-0.3, -0.25) is 4.79 Å². The highest BCUT2D eigenvalue weighted by Crippen LogP contribution is 2.26. The van der Waals surface area contributed by atoms with Gasteiger partial charge < -0.3 is 9.64 Å². The zero-order valence-corrected chi connectivity index (χ0v) is 14.0. The normalized spacial score (nSPS) is 23.8. The number of likely N-dealkylation sites (tertiary alicyclic amines) is 1. The molecule has 1 aromatic rings. The Hall–Kier alpha value is -1.22. The van der Waals surface area contributed by atoms with Crippen LogP contribution in [0, 0.1) is 6.92 Å². The molecule has 4 heteroatoms. The summed E-state index contributed by atoms with van der Waals surface area (Å²) >= 11 is 5.95. The summed E-state index contributed by atoms with van der Waals surface area (Å²) in [6.45, 7) is 8.00. The molecule has 1 aliphatic heterocycles. The minimum Gasteiger partial charge on any atom is -0.481 e. The van der Waals surface area contributed by atoms with Crippen molar-refractivity contribution < 1.29 is 9.53 Å². The van der Waals surface area contributed by atoms with Crippen LogP contribution in [0.15, 0.2) is 18.2 Å². The molecule has 1 saturated heterocycles. The summed E-state index contributed by atoms with van der Waals surface area (Å²) in [7, 11) is 0. The minimum atomic E-state index is -0.479. The fourth-order valence-corrected chi connectivity index (χ4v) is 3.28. The van der Waals surface area contributed by atoms with Crippen LogP contribution in [-0.2, 0) is 4.79 Å². The van der Waals surface area contributed by atoms with Crippen LogP contribution in [0.5, 0.6) is 5.75 Å². The number of benzene rings is 1. The molecule has 0 saturated carbocycles. The van der Waals surface area contributed by atoms with Gasteiger partial charge in [-0.25, -0.2) is 0 Å². The van der Waals surface area contributed by atoms with Crippen LogP contribution in [0.1, 0.15) is 45.6 Å². The van der Waals surface area contributed by atoms with E-state index in [4.69, 9.17) is 16.3 Å². The molecule has 1 aromatic carbocycles. The first-order valence-electron chi connectivity index (χ1n) is 7.65. The minimum absolute atomic E-state index is 0.0732. The van der Waals surface area contributed by atoms with Gasteiger partial charge in [0.1, 0.15) is 5.75 Å². The van der Waals surface area contributed by atoms with Gasteiger partial charge in [0.2, 0.25) is 0 Å². The van der Waals surface area contributed by atoms with Crippen LogP contribution < -0.4 is 4.74 Å². The number of hydrogen-bond acceptors (Lipinski definition) is 2. The third-order valence-corrected chi connectivity index (χ3v) is 4.47. The Morgan fingerprint density at radius 3 is 2.52 bits per heavy atom. The predicted octanol–water partition coefficient (Wildman–Crippen LogP) is 4.21. The number of ether oxygens (including phenoxy) is 1. The number of carbonyl (C=O) groups is 1. The maximum absolute atomic E-state index is 12.7. The Morgan fingerprint density at radius 1 is 1.33 bits per heavy atom. The predicted molar refractivity (Wildman–Crippen MR) is 85.9 cm³/mol. The second-order valence-electron chi connectivity index (χ2n) is 6.04. The lowest BCUT2D eigenvalue weighted by molar-refractivity contribution is -0.144. The average molecular weight is 310 g/mol. The quantitative estimate of drug-likeness (QED) is 0.837. The van der Waals surface area contributed by atoms with Crippen LogP contribution in [0.25, 0.3) is 0 Å². The Labute approximate surface area is 132 Å². The highest BCUT2D eigenvalue weighted by atomic mass is 35.5. The van der Waals surface area contributed by atoms with Crippen molar-refractivity contribution in [2.24, 2.45) is 0 Å². The van der Waals surface area contributed by atoms with Crippen molar-refractivity contribution in [3.05, 3.63) is 28.8 Å². The van der Waals surface area contributed by atoms with E-state index in [0.29, 0.717) is 17.1 Å². The van der Waals surface area contributed by atoms with Crippen molar-refractivity contribution in [3.8, 4) is 5.75 Å². The van der Waals surface area contributed by atoms with Crippen LogP contribution in [0.2, 0.25) is 5.02 Å². The van der Waals surface area contributed by atoms with E-state index in [-0.39, 0.29) is 5.91 Å². The zero-order chi connectivity index (χ0) is 15.6. The van der Waals surface area contributed by atoms with Crippen molar-refractivity contribution in [1.29, 1.82) is 0 Å². The van der Waals surface area contributed by atoms with E-state index >= 15 is 0 Å². The van der Waals surface area contributed by atoms with E-state index in [1.165, 1.54) is 6.42 Å². The number of halogens is 1. The van der Waals surface area contributed by atoms with Crippen LogP contribution in [-0.4, -0.2) is 29.0 Å². The summed E-state index contributed by atoms with van der Waals surface area (Å²) in [6, 6.07) is 6.04. The second kappa shape index (κ2) is 6.69. The Bertz CT molecular complexity index is 508. The molecule has 3 atom stereocenters. The number of carbonyl (C=O) groups excluding carboxylic acids is 1. The molecule has 1 aliphatic rings. The number of nitrogens with zero attached hydrogens (tertiary/aromatic N) is 1. The molecule has 0 bridgehead atoms. The summed E-state index contributed by atoms with van der Waals surface area (Å²) in [5, 5.41) is 0.678. The Kier molecular flexibility index (Phi) is 5.15. The molecule has 3 nitrogen and oxygen atoms in total. The zero-order valence-electron chi connectivity index (χ0n) is 13.2. The molecule has 1 amide bonds. The maximum Gasteiger partial charge on any atom is 0.263 e. The van der Waals surface area contributed by atoms with Crippen LogP contribution >= 0.6 is 11.6 Å². The molecule has 3 unspecified atom stereocenters. The van der Waals surface area contributed by atoms with Crippen molar-refractivity contribution in [2.75, 3.05) is 0 Å². The lowest BCUT2D eigenvalue weighted by Gasteiger charge is -2.40. The van der Waals surface area contributed by atoms with Crippen molar-refractivity contribution in [3.63, 3.8) is 0 Å². The summed E-state index contributed by atoms with van der Waals surface area (Å²) in [5.74, 6) is 0.793. The first kappa shape index (κ1) is 16.2. The topological polar surface area (TPSA) is 29.5 Å². The highest BCUT2D eigenvalue weighted by Gasteiger charge is 2.32.